The SMILES string of the molecule is O=C(CCCCCNc1c(Nc2ccccc2)c(=O)c1=O)NO. The van der Waals surface area contributed by atoms with Gasteiger partial charge in [0.25, 0.3) is 10.9 Å². The highest BCUT2D eigenvalue weighted by Crippen LogP contribution is 2.20. The average Bonchev–Trinajstić information content (AvgIpc) is 2.59. The normalized spacial score (nSPS) is 10.5. The number of carbonyl (C=O) groups is 1. The zero-order valence-corrected chi connectivity index (χ0v) is 12.6. The van der Waals surface area contributed by atoms with Crippen molar-refractivity contribution in [2.24, 2.45) is 0 Å². The van der Waals surface area contributed by atoms with Gasteiger partial charge in [-0.25, -0.2) is 5.48 Å². The summed E-state index contributed by atoms with van der Waals surface area (Å²) in [5.41, 5.74) is 1.90. The van der Waals surface area contributed by atoms with Crippen molar-refractivity contribution in [2.75, 3.05) is 17.2 Å². The molecule has 0 unspecified atom stereocenters. The van der Waals surface area contributed by atoms with Crippen LogP contribution in [0.5, 0.6) is 0 Å². The Bertz CT molecular complexity index is 721. The number of benzene rings is 1. The molecule has 23 heavy (non-hydrogen) atoms. The molecular formula is C16H19N3O4. The molecule has 0 saturated heterocycles. The molecular weight excluding hydrogens is 298 g/mol. The van der Waals surface area contributed by atoms with Gasteiger partial charge < -0.3 is 10.6 Å². The number of carbonyl (C=O) groups excluding carboxylic acids is 1. The molecule has 0 radical (unpaired) electrons. The van der Waals surface area contributed by atoms with Gasteiger partial charge in [0.05, 0.1) is 0 Å². The van der Waals surface area contributed by atoms with E-state index in [2.05, 4.69) is 10.6 Å². The van der Waals surface area contributed by atoms with Crippen LogP contribution < -0.4 is 27.0 Å². The molecule has 0 aliphatic rings. The summed E-state index contributed by atoms with van der Waals surface area (Å²) in [6.07, 6.45) is 2.44. The molecule has 0 aliphatic heterocycles. The Hall–Kier alpha value is -2.67. The van der Waals surface area contributed by atoms with E-state index in [0.717, 1.165) is 18.5 Å². The standard InChI is InChI=1S/C16H19N3O4/c20-12(19-23)9-5-2-6-10-17-13-14(16(22)15(13)21)18-11-7-3-1-4-8-11/h1,3-4,7-8,17-18,23H,2,5-6,9-10H2,(H,19,20). The van der Waals surface area contributed by atoms with Crippen molar-refractivity contribution in [2.45, 2.75) is 25.7 Å². The molecule has 0 bridgehead atoms. The molecule has 0 atom stereocenters. The van der Waals surface area contributed by atoms with E-state index in [4.69, 9.17) is 5.21 Å². The Balaban J connectivity index is 1.80. The van der Waals surface area contributed by atoms with E-state index < -0.39 is 16.8 Å². The summed E-state index contributed by atoms with van der Waals surface area (Å²) < 4.78 is 0. The first-order valence-corrected chi connectivity index (χ1v) is 7.45. The van der Waals surface area contributed by atoms with Crippen LogP contribution in [0.2, 0.25) is 0 Å². The van der Waals surface area contributed by atoms with Crippen molar-refractivity contribution >= 4 is 23.0 Å². The number of amides is 1. The predicted octanol–water partition coefficient (Wildman–Crippen LogP) is 1.50. The Morgan fingerprint density at radius 2 is 1.65 bits per heavy atom. The van der Waals surface area contributed by atoms with Gasteiger partial charge in [-0.3, -0.25) is 19.6 Å². The fourth-order valence-corrected chi connectivity index (χ4v) is 2.20. The van der Waals surface area contributed by atoms with Gasteiger partial charge in [-0.2, -0.15) is 0 Å². The topological polar surface area (TPSA) is 108 Å². The number of rotatable bonds is 9. The molecule has 0 aliphatic carbocycles. The lowest BCUT2D eigenvalue weighted by Gasteiger charge is -2.14. The molecule has 7 nitrogen and oxygen atoms in total. The molecule has 0 aromatic heterocycles. The zero-order valence-electron chi connectivity index (χ0n) is 12.6. The second-order valence-corrected chi connectivity index (χ2v) is 5.17. The number of unbranched alkanes of at least 4 members (excludes halogenated alkanes) is 2. The summed E-state index contributed by atoms with van der Waals surface area (Å²) in [4.78, 5) is 34.1. The van der Waals surface area contributed by atoms with E-state index in [1.54, 1.807) is 5.48 Å². The largest absolute Gasteiger partial charge is 0.380 e. The van der Waals surface area contributed by atoms with E-state index in [0.29, 0.717) is 24.3 Å². The molecule has 2 aromatic carbocycles. The smallest absolute Gasteiger partial charge is 0.253 e. The van der Waals surface area contributed by atoms with E-state index in [-0.39, 0.29) is 6.42 Å². The van der Waals surface area contributed by atoms with Crippen LogP contribution in [0.4, 0.5) is 17.1 Å². The predicted molar refractivity (Wildman–Crippen MR) is 88.0 cm³/mol. The first kappa shape index (κ1) is 16.7. The highest BCUT2D eigenvalue weighted by atomic mass is 16.5. The van der Waals surface area contributed by atoms with Crippen LogP contribution in [0, 0.1) is 0 Å². The van der Waals surface area contributed by atoms with Crippen molar-refractivity contribution in [1.29, 1.82) is 0 Å². The van der Waals surface area contributed by atoms with Gasteiger partial charge in [-0.15, -0.1) is 0 Å². The summed E-state index contributed by atoms with van der Waals surface area (Å²) in [5.74, 6) is -0.408. The first-order valence-electron chi connectivity index (χ1n) is 7.45. The Kier molecular flexibility index (Phi) is 5.87. The number of anilines is 3. The van der Waals surface area contributed by atoms with E-state index in [1.165, 1.54) is 0 Å². The van der Waals surface area contributed by atoms with Crippen LogP contribution in [0.15, 0.2) is 39.9 Å². The second-order valence-electron chi connectivity index (χ2n) is 5.17. The van der Waals surface area contributed by atoms with Crippen molar-refractivity contribution in [3.8, 4) is 0 Å². The van der Waals surface area contributed by atoms with Crippen molar-refractivity contribution in [3.63, 3.8) is 0 Å². The van der Waals surface area contributed by atoms with E-state index in [1.807, 2.05) is 30.3 Å². The summed E-state index contributed by atoms with van der Waals surface area (Å²) in [6.45, 7) is 0.537. The van der Waals surface area contributed by atoms with Gasteiger partial charge in [0, 0.05) is 18.7 Å². The van der Waals surface area contributed by atoms with Gasteiger partial charge in [0.1, 0.15) is 11.4 Å². The monoisotopic (exact) mass is 317 g/mol. The molecule has 2 aromatic rings. The van der Waals surface area contributed by atoms with Crippen LogP contribution in [-0.2, 0) is 4.79 Å². The number of hydrogen-bond donors (Lipinski definition) is 4. The minimum Gasteiger partial charge on any atom is -0.380 e. The van der Waals surface area contributed by atoms with Gasteiger partial charge >= 0.3 is 0 Å². The Labute approximate surface area is 133 Å². The molecule has 0 heterocycles. The highest BCUT2D eigenvalue weighted by Gasteiger charge is 2.20. The van der Waals surface area contributed by atoms with Gasteiger partial charge in [0.15, 0.2) is 0 Å². The number of hydroxylamine groups is 1. The van der Waals surface area contributed by atoms with Crippen molar-refractivity contribution < 1.29 is 10.0 Å². The molecule has 122 valence electrons. The third-order valence-electron chi connectivity index (χ3n) is 3.46. The lowest BCUT2D eigenvalue weighted by molar-refractivity contribution is -0.129. The first-order chi connectivity index (χ1) is 11.1. The molecule has 1 amide bonds. The van der Waals surface area contributed by atoms with Crippen LogP contribution >= 0.6 is 0 Å². The number of hydrogen-bond acceptors (Lipinski definition) is 6. The number of nitrogens with one attached hydrogen (secondary N) is 3. The quantitative estimate of drug-likeness (QED) is 0.242. The fourth-order valence-electron chi connectivity index (χ4n) is 2.20. The molecule has 7 heteroatoms. The van der Waals surface area contributed by atoms with E-state index >= 15 is 0 Å². The maximum absolute atomic E-state index is 11.6. The third kappa shape index (κ3) is 4.40. The van der Waals surface area contributed by atoms with Crippen molar-refractivity contribution in [3.05, 3.63) is 50.8 Å². The summed E-state index contributed by atoms with van der Waals surface area (Å²) in [6, 6.07) is 9.16. The molecule has 0 spiro atoms. The average molecular weight is 317 g/mol. The minimum absolute atomic E-state index is 0.261. The van der Waals surface area contributed by atoms with Crippen LogP contribution in [-0.4, -0.2) is 17.7 Å². The number of para-hydroxylation sites is 1. The van der Waals surface area contributed by atoms with Crippen LogP contribution in [0.3, 0.4) is 0 Å². The molecule has 2 rings (SSSR count). The van der Waals surface area contributed by atoms with Gasteiger partial charge in [-0.1, -0.05) is 24.6 Å². The van der Waals surface area contributed by atoms with E-state index in [9.17, 15) is 14.4 Å². The Morgan fingerprint density at radius 3 is 2.35 bits per heavy atom. The van der Waals surface area contributed by atoms with Crippen LogP contribution in [0.25, 0.3) is 0 Å². The van der Waals surface area contributed by atoms with Crippen molar-refractivity contribution in [1.82, 2.24) is 5.48 Å². The third-order valence-corrected chi connectivity index (χ3v) is 3.46. The zero-order chi connectivity index (χ0) is 16.7. The highest BCUT2D eigenvalue weighted by molar-refractivity contribution is 5.78. The summed E-state index contributed by atoms with van der Waals surface area (Å²) in [7, 11) is 0. The maximum Gasteiger partial charge on any atom is 0.253 e. The summed E-state index contributed by atoms with van der Waals surface area (Å²) >= 11 is 0. The van der Waals surface area contributed by atoms with Gasteiger partial charge in [-0.05, 0) is 25.0 Å². The lowest BCUT2D eigenvalue weighted by Crippen LogP contribution is -2.36. The summed E-state index contributed by atoms with van der Waals surface area (Å²) in [5, 5.41) is 14.3. The second kappa shape index (κ2) is 8.09. The Morgan fingerprint density at radius 1 is 0.957 bits per heavy atom. The fraction of sp³-hybridized carbons (Fsp3) is 0.312. The van der Waals surface area contributed by atoms with Crippen LogP contribution in [0.1, 0.15) is 25.7 Å². The minimum atomic E-state index is -0.518. The molecule has 0 saturated carbocycles. The van der Waals surface area contributed by atoms with Gasteiger partial charge in [0.2, 0.25) is 5.91 Å². The lowest BCUT2D eigenvalue weighted by atomic mass is 10.1. The molecule has 0 fully saturated rings. The maximum atomic E-state index is 11.6. The molecule has 4 N–H and O–H groups in total.